The summed E-state index contributed by atoms with van der Waals surface area (Å²) in [7, 11) is 1.97. The van der Waals surface area contributed by atoms with Crippen molar-refractivity contribution in [3.63, 3.8) is 0 Å². The van der Waals surface area contributed by atoms with E-state index in [0.717, 1.165) is 5.56 Å². The zero-order valence-corrected chi connectivity index (χ0v) is 10.6. The highest BCUT2D eigenvalue weighted by Gasteiger charge is 2.24. The fourth-order valence-corrected chi connectivity index (χ4v) is 2.68. The number of aromatic nitrogens is 2. The molecular formula is C13H21N3O. The summed E-state index contributed by atoms with van der Waals surface area (Å²) in [6.07, 6.45) is 6.93. The molecule has 0 aliphatic heterocycles. The zero-order chi connectivity index (χ0) is 12.3. The summed E-state index contributed by atoms with van der Waals surface area (Å²) in [5.74, 6) is 0.690. The van der Waals surface area contributed by atoms with Crippen LogP contribution in [0.5, 0.6) is 0 Å². The molecule has 1 N–H and O–H groups in total. The number of hydrogen-bond acceptors (Lipinski definition) is 3. The molecule has 1 atom stereocenters. The van der Waals surface area contributed by atoms with Gasteiger partial charge in [0.05, 0.1) is 12.7 Å². The number of nitrogens with zero attached hydrogens (tertiary/aromatic N) is 2. The minimum Gasteiger partial charge on any atom is -0.315 e. The van der Waals surface area contributed by atoms with Gasteiger partial charge >= 0.3 is 0 Å². The Kier molecular flexibility index (Phi) is 3.94. The second kappa shape index (κ2) is 5.45. The van der Waals surface area contributed by atoms with E-state index >= 15 is 0 Å². The molecule has 4 heteroatoms. The Hall–Kier alpha value is -1.16. The molecule has 0 bridgehead atoms. The standard InChI is InChI=1S/C13H21N3O/c1-10-7-13(17)16(15-8-10)9-12(14-2)11-5-3-4-6-11/h7-8,11-12,14H,3-6,9H2,1-2H3. The summed E-state index contributed by atoms with van der Waals surface area (Å²) in [4.78, 5) is 11.8. The lowest BCUT2D eigenvalue weighted by molar-refractivity contribution is 0.322. The van der Waals surface area contributed by atoms with Crippen molar-refractivity contribution in [2.45, 2.75) is 45.2 Å². The van der Waals surface area contributed by atoms with Gasteiger partial charge in [0.15, 0.2) is 0 Å². The van der Waals surface area contributed by atoms with Crippen molar-refractivity contribution in [3.05, 3.63) is 28.2 Å². The van der Waals surface area contributed by atoms with Crippen molar-refractivity contribution in [2.75, 3.05) is 7.05 Å². The average Bonchev–Trinajstić information content (AvgIpc) is 2.81. The first kappa shape index (κ1) is 12.3. The molecule has 0 saturated heterocycles. The summed E-state index contributed by atoms with van der Waals surface area (Å²) in [6, 6.07) is 2.01. The van der Waals surface area contributed by atoms with E-state index in [2.05, 4.69) is 10.4 Å². The lowest BCUT2D eigenvalue weighted by Crippen LogP contribution is -2.40. The molecule has 0 radical (unpaired) electrons. The van der Waals surface area contributed by atoms with Crippen molar-refractivity contribution in [1.29, 1.82) is 0 Å². The number of nitrogens with one attached hydrogen (secondary N) is 1. The molecule has 1 unspecified atom stereocenters. The predicted molar refractivity (Wildman–Crippen MR) is 68.0 cm³/mol. The Balaban J connectivity index is 2.09. The first-order chi connectivity index (χ1) is 8.20. The van der Waals surface area contributed by atoms with Gasteiger partial charge in [0.25, 0.3) is 5.56 Å². The van der Waals surface area contributed by atoms with E-state index in [1.165, 1.54) is 25.7 Å². The van der Waals surface area contributed by atoms with E-state index in [9.17, 15) is 4.79 Å². The lowest BCUT2D eigenvalue weighted by atomic mass is 9.98. The maximum Gasteiger partial charge on any atom is 0.267 e. The quantitative estimate of drug-likeness (QED) is 0.856. The van der Waals surface area contributed by atoms with Gasteiger partial charge in [0, 0.05) is 12.1 Å². The van der Waals surface area contributed by atoms with Crippen molar-refractivity contribution in [2.24, 2.45) is 5.92 Å². The molecule has 2 rings (SSSR count). The van der Waals surface area contributed by atoms with Gasteiger partial charge in [-0.25, -0.2) is 4.68 Å². The Labute approximate surface area is 102 Å². The van der Waals surface area contributed by atoms with Crippen molar-refractivity contribution >= 4 is 0 Å². The summed E-state index contributed by atoms with van der Waals surface area (Å²) < 4.78 is 1.58. The summed E-state index contributed by atoms with van der Waals surface area (Å²) in [5.41, 5.74) is 0.927. The highest BCUT2D eigenvalue weighted by Crippen LogP contribution is 2.27. The molecule has 1 heterocycles. The third-order valence-corrected chi connectivity index (χ3v) is 3.72. The van der Waals surface area contributed by atoms with Gasteiger partial charge in [-0.2, -0.15) is 5.10 Å². The highest BCUT2D eigenvalue weighted by atomic mass is 16.1. The van der Waals surface area contributed by atoms with Gasteiger partial charge in [-0.05, 0) is 38.3 Å². The van der Waals surface area contributed by atoms with Crippen LogP contribution in [0.3, 0.4) is 0 Å². The molecule has 1 aromatic heterocycles. The van der Waals surface area contributed by atoms with E-state index in [4.69, 9.17) is 0 Å². The smallest absolute Gasteiger partial charge is 0.267 e. The van der Waals surface area contributed by atoms with Crippen molar-refractivity contribution < 1.29 is 0 Å². The molecule has 1 aromatic rings. The van der Waals surface area contributed by atoms with Crippen LogP contribution in [0.2, 0.25) is 0 Å². The van der Waals surface area contributed by atoms with E-state index in [1.54, 1.807) is 16.9 Å². The fraction of sp³-hybridized carbons (Fsp3) is 0.692. The van der Waals surface area contributed by atoms with Crippen LogP contribution in [0, 0.1) is 12.8 Å². The Morgan fingerprint density at radius 3 is 2.82 bits per heavy atom. The van der Waals surface area contributed by atoms with Crippen LogP contribution in [0.25, 0.3) is 0 Å². The molecule has 4 nitrogen and oxygen atoms in total. The summed E-state index contributed by atoms with van der Waals surface area (Å²) in [6.45, 7) is 2.57. The maximum atomic E-state index is 11.8. The number of likely N-dealkylation sites (N-methyl/N-ethyl adjacent to an activating group) is 1. The second-order valence-corrected chi connectivity index (χ2v) is 4.99. The fourth-order valence-electron chi connectivity index (χ4n) is 2.68. The Bertz CT molecular complexity index is 421. The SMILES string of the molecule is CNC(Cn1ncc(C)cc1=O)C1CCCC1. The molecule has 1 aliphatic carbocycles. The van der Waals surface area contributed by atoms with E-state index < -0.39 is 0 Å². The minimum atomic E-state index is 0.00301. The van der Waals surface area contributed by atoms with Gasteiger partial charge in [-0.3, -0.25) is 4.79 Å². The average molecular weight is 235 g/mol. The second-order valence-electron chi connectivity index (χ2n) is 4.99. The molecule has 0 spiro atoms. The van der Waals surface area contributed by atoms with E-state index in [0.29, 0.717) is 18.5 Å². The number of rotatable bonds is 4. The molecule has 1 saturated carbocycles. The van der Waals surface area contributed by atoms with Gasteiger partial charge in [0.1, 0.15) is 0 Å². The van der Waals surface area contributed by atoms with Crippen LogP contribution in [-0.4, -0.2) is 22.9 Å². The molecule has 94 valence electrons. The van der Waals surface area contributed by atoms with Gasteiger partial charge in [-0.15, -0.1) is 0 Å². The largest absolute Gasteiger partial charge is 0.315 e. The molecule has 17 heavy (non-hydrogen) atoms. The summed E-state index contributed by atoms with van der Waals surface area (Å²) >= 11 is 0. The topological polar surface area (TPSA) is 46.9 Å². The van der Waals surface area contributed by atoms with E-state index in [1.807, 2.05) is 14.0 Å². The first-order valence-corrected chi connectivity index (χ1v) is 6.41. The van der Waals surface area contributed by atoms with Crippen LogP contribution >= 0.6 is 0 Å². The minimum absolute atomic E-state index is 0.00301. The maximum absolute atomic E-state index is 11.8. The van der Waals surface area contributed by atoms with Gasteiger partial charge in [0.2, 0.25) is 0 Å². The number of hydrogen-bond donors (Lipinski definition) is 1. The van der Waals surface area contributed by atoms with Gasteiger partial charge < -0.3 is 5.32 Å². The first-order valence-electron chi connectivity index (χ1n) is 6.41. The summed E-state index contributed by atoms with van der Waals surface area (Å²) in [5, 5.41) is 7.54. The normalized spacial score (nSPS) is 18.5. The molecule has 0 amide bonds. The van der Waals surface area contributed by atoms with E-state index in [-0.39, 0.29) is 5.56 Å². The predicted octanol–water partition coefficient (Wildman–Crippen LogP) is 1.33. The third-order valence-electron chi connectivity index (χ3n) is 3.72. The molecule has 1 aliphatic rings. The van der Waals surface area contributed by atoms with Crippen LogP contribution in [0.4, 0.5) is 0 Å². The van der Waals surface area contributed by atoms with Crippen LogP contribution in [-0.2, 0) is 6.54 Å². The molecule has 0 aromatic carbocycles. The monoisotopic (exact) mass is 235 g/mol. The highest BCUT2D eigenvalue weighted by molar-refractivity contribution is 5.02. The Morgan fingerprint density at radius 1 is 1.53 bits per heavy atom. The third kappa shape index (κ3) is 2.94. The molecular weight excluding hydrogens is 214 g/mol. The van der Waals surface area contributed by atoms with Gasteiger partial charge in [-0.1, -0.05) is 12.8 Å². The lowest BCUT2D eigenvalue weighted by Gasteiger charge is -2.23. The Morgan fingerprint density at radius 2 is 2.24 bits per heavy atom. The van der Waals surface area contributed by atoms with Crippen molar-refractivity contribution in [1.82, 2.24) is 15.1 Å². The van der Waals surface area contributed by atoms with Crippen LogP contribution in [0.1, 0.15) is 31.2 Å². The van der Waals surface area contributed by atoms with Crippen LogP contribution < -0.4 is 10.9 Å². The number of aryl methyl sites for hydroxylation is 1. The zero-order valence-electron chi connectivity index (χ0n) is 10.6. The van der Waals surface area contributed by atoms with Crippen molar-refractivity contribution in [3.8, 4) is 0 Å². The molecule has 1 fully saturated rings. The van der Waals surface area contributed by atoms with Crippen LogP contribution in [0.15, 0.2) is 17.1 Å².